The van der Waals surface area contributed by atoms with Gasteiger partial charge in [-0.05, 0) is 50.5 Å². The van der Waals surface area contributed by atoms with Gasteiger partial charge in [0.25, 0.3) is 5.91 Å². The Morgan fingerprint density at radius 1 is 1.13 bits per heavy atom. The second-order valence-electron chi connectivity index (χ2n) is 7.63. The summed E-state index contributed by atoms with van der Waals surface area (Å²) in [6, 6.07) is 14.4. The number of aromatic nitrogens is 1. The molecule has 0 spiro atoms. The zero-order chi connectivity index (χ0) is 22.0. The van der Waals surface area contributed by atoms with Crippen LogP contribution in [0.25, 0.3) is 11.3 Å². The number of amides is 3. The fraction of sp³-hybridized carbons (Fsp3) is 0.261. The lowest BCUT2D eigenvalue weighted by molar-refractivity contribution is 0.0939. The molecule has 1 fully saturated rings. The van der Waals surface area contributed by atoms with E-state index in [9.17, 15) is 9.59 Å². The van der Waals surface area contributed by atoms with Crippen LogP contribution in [0, 0.1) is 6.92 Å². The van der Waals surface area contributed by atoms with Crippen LogP contribution in [0.5, 0.6) is 0 Å². The number of hydrogen-bond donors (Lipinski definition) is 3. The summed E-state index contributed by atoms with van der Waals surface area (Å²) in [5.74, 6) is 0.119. The Balaban J connectivity index is 1.45. The number of halogens is 1. The molecule has 160 valence electrons. The number of nitrogens with zero attached hydrogens (tertiary/aromatic N) is 1. The van der Waals surface area contributed by atoms with Crippen molar-refractivity contribution in [2.75, 3.05) is 5.32 Å². The highest BCUT2D eigenvalue weighted by molar-refractivity contribution is 6.33. The Labute approximate surface area is 185 Å². The predicted octanol–water partition coefficient (Wildman–Crippen LogP) is 5.08. The van der Waals surface area contributed by atoms with Gasteiger partial charge in [0, 0.05) is 17.3 Å². The zero-order valence-electron chi connectivity index (χ0n) is 17.2. The van der Waals surface area contributed by atoms with Crippen LogP contribution in [-0.2, 0) is 0 Å². The van der Waals surface area contributed by atoms with E-state index >= 15 is 0 Å². The van der Waals surface area contributed by atoms with Crippen molar-refractivity contribution < 1.29 is 14.1 Å². The fourth-order valence-electron chi connectivity index (χ4n) is 3.26. The number of rotatable bonds is 6. The highest BCUT2D eigenvalue weighted by Crippen LogP contribution is 2.31. The number of carbonyl (C=O) groups excluding carboxylic acids is 2. The largest absolute Gasteiger partial charge is 0.360 e. The van der Waals surface area contributed by atoms with Crippen molar-refractivity contribution >= 4 is 29.2 Å². The Hall–Kier alpha value is -3.32. The Bertz CT molecular complexity index is 1110. The third-order valence-electron chi connectivity index (χ3n) is 5.15. The number of hydrogen-bond acceptors (Lipinski definition) is 4. The first kappa shape index (κ1) is 20.9. The Morgan fingerprint density at radius 2 is 1.84 bits per heavy atom. The van der Waals surface area contributed by atoms with E-state index in [1.807, 2.05) is 43.3 Å². The van der Waals surface area contributed by atoms with E-state index in [1.54, 1.807) is 19.1 Å². The molecule has 1 aliphatic rings. The standard InChI is InChI=1S/C23H23ClN4O3/c1-13(15-7-9-16(10-8-15)26-23(30)27-17-11-12-17)25-22(29)20-14(2)31-28-21(20)18-5-3-4-6-19(18)24/h3-10,13,17H,11-12H2,1-2H3,(H,25,29)(H2,26,27,30). The molecule has 0 radical (unpaired) electrons. The molecule has 4 rings (SSSR count). The van der Waals surface area contributed by atoms with E-state index in [1.165, 1.54) is 0 Å². The van der Waals surface area contributed by atoms with E-state index in [4.69, 9.17) is 16.1 Å². The van der Waals surface area contributed by atoms with Crippen molar-refractivity contribution in [2.45, 2.75) is 38.8 Å². The maximum atomic E-state index is 13.0. The van der Waals surface area contributed by atoms with Crippen LogP contribution in [0.4, 0.5) is 10.5 Å². The maximum Gasteiger partial charge on any atom is 0.319 e. The number of aryl methyl sites for hydroxylation is 1. The van der Waals surface area contributed by atoms with E-state index in [-0.39, 0.29) is 18.0 Å². The highest BCUT2D eigenvalue weighted by Gasteiger charge is 2.25. The Kier molecular flexibility index (Phi) is 5.95. The molecule has 0 bridgehead atoms. The van der Waals surface area contributed by atoms with E-state index in [0.29, 0.717) is 39.3 Å². The lowest BCUT2D eigenvalue weighted by Crippen LogP contribution is -2.30. The monoisotopic (exact) mass is 438 g/mol. The normalized spacial score (nSPS) is 14.0. The number of anilines is 1. The predicted molar refractivity (Wildman–Crippen MR) is 119 cm³/mol. The van der Waals surface area contributed by atoms with Gasteiger partial charge < -0.3 is 20.5 Å². The van der Waals surface area contributed by atoms with Gasteiger partial charge in [0.2, 0.25) is 0 Å². The average Bonchev–Trinajstić information content (AvgIpc) is 3.47. The molecular weight excluding hydrogens is 416 g/mol. The number of nitrogens with one attached hydrogen (secondary N) is 3. The van der Waals surface area contributed by atoms with Gasteiger partial charge >= 0.3 is 6.03 Å². The second kappa shape index (κ2) is 8.81. The summed E-state index contributed by atoms with van der Waals surface area (Å²) in [5.41, 5.74) is 2.99. The fourth-order valence-corrected chi connectivity index (χ4v) is 3.49. The minimum atomic E-state index is -0.299. The van der Waals surface area contributed by atoms with Crippen LogP contribution in [0.1, 0.15) is 47.5 Å². The molecule has 1 saturated carbocycles. The van der Waals surface area contributed by atoms with Crippen LogP contribution in [0.3, 0.4) is 0 Å². The van der Waals surface area contributed by atoms with Gasteiger partial charge in [-0.1, -0.05) is 47.1 Å². The van der Waals surface area contributed by atoms with Crippen LogP contribution < -0.4 is 16.0 Å². The third-order valence-corrected chi connectivity index (χ3v) is 5.48. The van der Waals surface area contributed by atoms with Gasteiger partial charge in [-0.15, -0.1) is 0 Å². The van der Waals surface area contributed by atoms with Crippen LogP contribution >= 0.6 is 11.6 Å². The first-order valence-corrected chi connectivity index (χ1v) is 10.5. The Morgan fingerprint density at radius 3 is 2.52 bits per heavy atom. The molecule has 3 aromatic rings. The molecule has 1 aromatic heterocycles. The molecule has 0 saturated heterocycles. The van der Waals surface area contributed by atoms with Gasteiger partial charge in [0.1, 0.15) is 17.0 Å². The topological polar surface area (TPSA) is 96.3 Å². The molecule has 1 atom stereocenters. The number of benzene rings is 2. The molecule has 7 nitrogen and oxygen atoms in total. The summed E-state index contributed by atoms with van der Waals surface area (Å²) in [5, 5.41) is 13.2. The first-order chi connectivity index (χ1) is 14.9. The van der Waals surface area contributed by atoms with Crippen molar-refractivity contribution in [3.8, 4) is 11.3 Å². The number of urea groups is 1. The van der Waals surface area contributed by atoms with E-state index in [0.717, 1.165) is 18.4 Å². The summed E-state index contributed by atoms with van der Waals surface area (Å²) in [4.78, 5) is 24.9. The van der Waals surface area contributed by atoms with Gasteiger partial charge in [-0.25, -0.2) is 4.79 Å². The van der Waals surface area contributed by atoms with Crippen LogP contribution in [0.15, 0.2) is 53.1 Å². The minimum absolute atomic E-state index is 0.202. The van der Waals surface area contributed by atoms with Gasteiger partial charge in [-0.2, -0.15) is 0 Å². The van der Waals surface area contributed by atoms with Crippen LogP contribution in [-0.4, -0.2) is 23.1 Å². The average molecular weight is 439 g/mol. The number of carbonyl (C=O) groups is 2. The van der Waals surface area contributed by atoms with E-state index in [2.05, 4.69) is 21.1 Å². The maximum absolute atomic E-state index is 13.0. The molecule has 0 aliphatic heterocycles. The first-order valence-electron chi connectivity index (χ1n) is 10.1. The van der Waals surface area contributed by atoms with Crippen molar-refractivity contribution in [2.24, 2.45) is 0 Å². The summed E-state index contributed by atoms with van der Waals surface area (Å²) >= 11 is 6.28. The summed E-state index contributed by atoms with van der Waals surface area (Å²) in [6.07, 6.45) is 2.07. The lowest BCUT2D eigenvalue weighted by Gasteiger charge is -2.15. The smallest absolute Gasteiger partial charge is 0.319 e. The van der Waals surface area contributed by atoms with Crippen LogP contribution in [0.2, 0.25) is 5.02 Å². The van der Waals surface area contributed by atoms with Crippen molar-refractivity contribution in [3.05, 3.63) is 70.4 Å². The molecular formula is C23H23ClN4O3. The molecule has 8 heteroatoms. The zero-order valence-corrected chi connectivity index (χ0v) is 18.0. The molecule has 1 heterocycles. The molecule has 3 amide bonds. The van der Waals surface area contributed by atoms with E-state index < -0.39 is 0 Å². The summed E-state index contributed by atoms with van der Waals surface area (Å²) in [7, 11) is 0. The second-order valence-corrected chi connectivity index (χ2v) is 8.04. The van der Waals surface area contributed by atoms with Crippen molar-refractivity contribution in [1.82, 2.24) is 15.8 Å². The molecule has 1 unspecified atom stereocenters. The van der Waals surface area contributed by atoms with Crippen molar-refractivity contribution in [3.63, 3.8) is 0 Å². The lowest BCUT2D eigenvalue weighted by atomic mass is 10.0. The van der Waals surface area contributed by atoms with Crippen molar-refractivity contribution in [1.29, 1.82) is 0 Å². The quantitative estimate of drug-likeness (QED) is 0.500. The summed E-state index contributed by atoms with van der Waals surface area (Å²) in [6.45, 7) is 3.58. The molecule has 2 aromatic carbocycles. The van der Waals surface area contributed by atoms with Gasteiger partial charge in [-0.3, -0.25) is 4.79 Å². The van der Waals surface area contributed by atoms with Gasteiger partial charge in [0.15, 0.2) is 0 Å². The van der Waals surface area contributed by atoms with Gasteiger partial charge in [0.05, 0.1) is 11.1 Å². The molecule has 3 N–H and O–H groups in total. The highest BCUT2D eigenvalue weighted by atomic mass is 35.5. The SMILES string of the molecule is Cc1onc(-c2ccccc2Cl)c1C(=O)NC(C)c1ccc(NC(=O)NC2CC2)cc1. The summed E-state index contributed by atoms with van der Waals surface area (Å²) < 4.78 is 5.28. The minimum Gasteiger partial charge on any atom is -0.360 e. The third kappa shape index (κ3) is 4.88. The molecule has 31 heavy (non-hydrogen) atoms. The molecule has 1 aliphatic carbocycles.